The quantitative estimate of drug-likeness (QED) is 0.779. The predicted octanol–water partition coefficient (Wildman–Crippen LogP) is 0.838. The first-order chi connectivity index (χ1) is 11.1. The Morgan fingerprint density at radius 2 is 2.22 bits per heavy atom. The topological polar surface area (TPSA) is 92.1 Å². The summed E-state index contributed by atoms with van der Waals surface area (Å²) < 4.78 is 1.60. The zero-order valence-electron chi connectivity index (χ0n) is 13.1. The minimum absolute atomic E-state index is 0.189. The molecule has 2 aromatic rings. The third-order valence-electron chi connectivity index (χ3n) is 4.31. The third-order valence-corrected chi connectivity index (χ3v) is 4.31. The minimum atomic E-state index is -1.00. The first kappa shape index (κ1) is 15.5. The largest absolute Gasteiger partial charge is 0.383 e. The molecule has 1 heterocycles. The number of urea groups is 1. The van der Waals surface area contributed by atoms with Gasteiger partial charge in [-0.1, -0.05) is 24.3 Å². The monoisotopic (exact) mass is 315 g/mol. The second kappa shape index (κ2) is 6.37. The van der Waals surface area contributed by atoms with Crippen molar-refractivity contribution in [2.24, 2.45) is 7.05 Å². The second-order valence-corrected chi connectivity index (χ2v) is 5.88. The number of carbonyl (C=O) groups is 1. The zero-order valence-corrected chi connectivity index (χ0v) is 13.1. The number of amides is 2. The molecule has 0 bridgehead atoms. The van der Waals surface area contributed by atoms with Gasteiger partial charge in [-0.2, -0.15) is 5.10 Å². The molecule has 1 atom stereocenters. The van der Waals surface area contributed by atoms with Crippen molar-refractivity contribution in [1.29, 1.82) is 0 Å². The number of nitrogens with one attached hydrogen (secondary N) is 2. The molecular formula is C16H21N5O2. The summed E-state index contributed by atoms with van der Waals surface area (Å²) in [5.41, 5.74) is 1.07. The van der Waals surface area contributed by atoms with E-state index in [1.165, 1.54) is 6.33 Å². The van der Waals surface area contributed by atoms with E-state index in [4.69, 9.17) is 0 Å². The summed E-state index contributed by atoms with van der Waals surface area (Å²) in [7, 11) is 1.77. The van der Waals surface area contributed by atoms with Gasteiger partial charge in [0, 0.05) is 7.05 Å². The summed E-state index contributed by atoms with van der Waals surface area (Å²) in [6.07, 6.45) is 3.97. The number of carbonyl (C=O) groups excluding carboxylic acids is 1. The molecule has 7 heteroatoms. The van der Waals surface area contributed by atoms with Crippen molar-refractivity contribution >= 4 is 6.03 Å². The molecule has 1 aromatic carbocycles. The van der Waals surface area contributed by atoms with E-state index < -0.39 is 5.60 Å². The molecule has 0 radical (unpaired) electrons. The van der Waals surface area contributed by atoms with E-state index in [9.17, 15) is 9.90 Å². The molecule has 3 rings (SSSR count). The molecule has 122 valence electrons. The lowest BCUT2D eigenvalue weighted by atomic mass is 9.79. The lowest BCUT2D eigenvalue weighted by Gasteiger charge is -2.34. The van der Waals surface area contributed by atoms with Crippen LogP contribution in [0.4, 0.5) is 4.79 Å². The SMILES string of the molecule is Cn1ncnc1CNC(=O)NCC1(O)CCCc2ccccc21. The predicted molar refractivity (Wildman–Crippen MR) is 84.5 cm³/mol. The molecule has 7 nitrogen and oxygen atoms in total. The molecule has 23 heavy (non-hydrogen) atoms. The normalized spacial score (nSPS) is 19.9. The van der Waals surface area contributed by atoms with Crippen molar-refractivity contribution in [3.8, 4) is 0 Å². The molecular weight excluding hydrogens is 294 g/mol. The summed E-state index contributed by atoms with van der Waals surface area (Å²) >= 11 is 0. The zero-order chi connectivity index (χ0) is 16.3. The average Bonchev–Trinajstić information content (AvgIpc) is 2.97. The summed E-state index contributed by atoms with van der Waals surface area (Å²) in [5, 5.41) is 20.3. The van der Waals surface area contributed by atoms with Crippen molar-refractivity contribution in [2.45, 2.75) is 31.4 Å². The van der Waals surface area contributed by atoms with Gasteiger partial charge in [0.1, 0.15) is 17.8 Å². The maximum absolute atomic E-state index is 12.0. The molecule has 2 amide bonds. The highest BCUT2D eigenvalue weighted by Crippen LogP contribution is 2.34. The number of hydrogen-bond acceptors (Lipinski definition) is 4. The highest BCUT2D eigenvalue weighted by atomic mass is 16.3. The van der Waals surface area contributed by atoms with Gasteiger partial charge >= 0.3 is 6.03 Å². The Labute approximate surface area is 134 Å². The highest BCUT2D eigenvalue weighted by molar-refractivity contribution is 5.73. The standard InChI is InChI=1S/C16H21N5O2/c1-21-14(19-11-20-21)9-17-15(22)18-10-16(23)8-4-6-12-5-2-3-7-13(12)16/h2-3,5,7,11,23H,4,6,8-10H2,1H3,(H2,17,18,22). The van der Waals surface area contributed by atoms with Crippen LogP contribution in [0.3, 0.4) is 0 Å². The Bertz CT molecular complexity index is 699. The number of benzene rings is 1. The van der Waals surface area contributed by atoms with Crippen LogP contribution >= 0.6 is 0 Å². The van der Waals surface area contributed by atoms with Crippen LogP contribution in [0.5, 0.6) is 0 Å². The molecule has 0 saturated heterocycles. The first-order valence-electron chi connectivity index (χ1n) is 7.74. The molecule has 0 saturated carbocycles. The fourth-order valence-corrected chi connectivity index (χ4v) is 3.01. The van der Waals surface area contributed by atoms with Gasteiger partial charge in [0.2, 0.25) is 0 Å². The number of aryl methyl sites for hydroxylation is 2. The van der Waals surface area contributed by atoms with E-state index in [0.29, 0.717) is 12.2 Å². The highest BCUT2D eigenvalue weighted by Gasteiger charge is 2.34. The van der Waals surface area contributed by atoms with Crippen LogP contribution < -0.4 is 10.6 Å². The maximum atomic E-state index is 12.0. The Balaban J connectivity index is 1.58. The van der Waals surface area contributed by atoms with Crippen LogP contribution in [-0.2, 0) is 25.6 Å². The Hall–Kier alpha value is -2.41. The molecule has 1 unspecified atom stereocenters. The third kappa shape index (κ3) is 3.34. The van der Waals surface area contributed by atoms with Gasteiger partial charge in [-0.3, -0.25) is 4.68 Å². The van der Waals surface area contributed by atoms with Crippen LogP contribution in [0, 0.1) is 0 Å². The molecule has 0 spiro atoms. The molecule has 1 aromatic heterocycles. The Morgan fingerprint density at radius 3 is 3.00 bits per heavy atom. The number of nitrogens with zero attached hydrogens (tertiary/aromatic N) is 3. The van der Waals surface area contributed by atoms with E-state index in [1.54, 1.807) is 11.7 Å². The van der Waals surface area contributed by atoms with Crippen molar-refractivity contribution in [2.75, 3.05) is 6.54 Å². The molecule has 3 N–H and O–H groups in total. The Morgan fingerprint density at radius 1 is 1.39 bits per heavy atom. The number of aliphatic hydroxyl groups is 1. The van der Waals surface area contributed by atoms with Gasteiger partial charge in [-0.25, -0.2) is 9.78 Å². The van der Waals surface area contributed by atoms with Crippen molar-refractivity contribution in [3.05, 3.63) is 47.5 Å². The van der Waals surface area contributed by atoms with Crippen LogP contribution in [0.1, 0.15) is 29.8 Å². The van der Waals surface area contributed by atoms with E-state index >= 15 is 0 Å². The summed E-state index contributed by atoms with van der Waals surface area (Å²) in [4.78, 5) is 16.0. The molecule has 0 aliphatic heterocycles. The number of hydrogen-bond donors (Lipinski definition) is 3. The van der Waals surface area contributed by atoms with Gasteiger partial charge in [0.15, 0.2) is 0 Å². The summed E-state index contributed by atoms with van der Waals surface area (Å²) in [5.74, 6) is 0.668. The summed E-state index contributed by atoms with van der Waals surface area (Å²) in [6, 6.07) is 7.54. The molecule has 0 fully saturated rings. The lowest BCUT2D eigenvalue weighted by molar-refractivity contribution is 0.0217. The maximum Gasteiger partial charge on any atom is 0.315 e. The van der Waals surface area contributed by atoms with Crippen molar-refractivity contribution in [3.63, 3.8) is 0 Å². The van der Waals surface area contributed by atoms with Crippen LogP contribution in [0.15, 0.2) is 30.6 Å². The van der Waals surface area contributed by atoms with Gasteiger partial charge in [0.25, 0.3) is 0 Å². The van der Waals surface area contributed by atoms with Crippen LogP contribution in [0.25, 0.3) is 0 Å². The molecule has 1 aliphatic rings. The summed E-state index contributed by atoms with van der Waals surface area (Å²) in [6.45, 7) is 0.478. The van der Waals surface area contributed by atoms with E-state index in [0.717, 1.165) is 24.0 Å². The van der Waals surface area contributed by atoms with E-state index in [1.807, 2.05) is 24.3 Å². The molecule has 1 aliphatic carbocycles. The van der Waals surface area contributed by atoms with Gasteiger partial charge in [-0.15, -0.1) is 0 Å². The van der Waals surface area contributed by atoms with E-state index in [-0.39, 0.29) is 19.1 Å². The smallest absolute Gasteiger partial charge is 0.315 e. The number of rotatable bonds is 4. The van der Waals surface area contributed by atoms with Gasteiger partial charge in [0.05, 0.1) is 13.1 Å². The fourth-order valence-electron chi connectivity index (χ4n) is 3.01. The van der Waals surface area contributed by atoms with Crippen LogP contribution in [-0.4, -0.2) is 32.4 Å². The number of fused-ring (bicyclic) bond motifs is 1. The van der Waals surface area contributed by atoms with Gasteiger partial charge < -0.3 is 15.7 Å². The average molecular weight is 315 g/mol. The van der Waals surface area contributed by atoms with Crippen molar-refractivity contribution < 1.29 is 9.90 Å². The fraction of sp³-hybridized carbons (Fsp3) is 0.438. The number of aromatic nitrogens is 3. The second-order valence-electron chi connectivity index (χ2n) is 5.88. The van der Waals surface area contributed by atoms with Crippen LogP contribution in [0.2, 0.25) is 0 Å². The Kier molecular flexibility index (Phi) is 4.29. The van der Waals surface area contributed by atoms with E-state index in [2.05, 4.69) is 20.7 Å². The van der Waals surface area contributed by atoms with Gasteiger partial charge in [-0.05, 0) is 30.4 Å². The first-order valence-corrected chi connectivity index (χ1v) is 7.74. The minimum Gasteiger partial charge on any atom is -0.383 e. The lowest BCUT2D eigenvalue weighted by Crippen LogP contribution is -2.46. The van der Waals surface area contributed by atoms with Crippen molar-refractivity contribution in [1.82, 2.24) is 25.4 Å².